The van der Waals surface area contributed by atoms with Gasteiger partial charge in [-0.25, -0.2) is 4.98 Å². The molecule has 0 N–H and O–H groups in total. The van der Waals surface area contributed by atoms with Gasteiger partial charge in [-0.15, -0.1) is 11.3 Å². The van der Waals surface area contributed by atoms with E-state index in [1.165, 1.54) is 0 Å². The molecule has 80 valence electrons. The molecule has 0 aliphatic rings. The molecule has 0 saturated heterocycles. The Kier molecular flexibility index (Phi) is 2.72. The Morgan fingerprint density at radius 1 is 1.33 bits per heavy atom. The zero-order chi connectivity index (χ0) is 11.1. The standard InChI is InChI=1S/C9H5BrF3NS/c10-4-5-1-2-7-6(3-5)14-8(15-7)9(11,12)13/h1-3H,4H2. The Labute approximate surface area is 96.1 Å². The largest absolute Gasteiger partial charge is 0.443 e. The average molecular weight is 296 g/mol. The first-order chi connectivity index (χ1) is 7.00. The maximum Gasteiger partial charge on any atom is 0.443 e. The van der Waals surface area contributed by atoms with Gasteiger partial charge < -0.3 is 0 Å². The fraction of sp³-hybridized carbons (Fsp3) is 0.222. The first kappa shape index (κ1) is 10.9. The van der Waals surface area contributed by atoms with Gasteiger partial charge in [0, 0.05) is 5.33 Å². The predicted octanol–water partition coefficient (Wildman–Crippen LogP) is 4.21. The average Bonchev–Trinajstić information content (AvgIpc) is 2.59. The highest BCUT2D eigenvalue weighted by Gasteiger charge is 2.34. The second kappa shape index (κ2) is 3.75. The Morgan fingerprint density at radius 3 is 2.67 bits per heavy atom. The highest BCUT2D eigenvalue weighted by Crippen LogP contribution is 2.35. The maximum atomic E-state index is 12.3. The van der Waals surface area contributed by atoms with Gasteiger partial charge in [-0.1, -0.05) is 22.0 Å². The summed E-state index contributed by atoms with van der Waals surface area (Å²) in [5.74, 6) is 0. The van der Waals surface area contributed by atoms with Crippen LogP contribution in [-0.2, 0) is 11.5 Å². The number of fused-ring (bicyclic) bond motifs is 1. The normalized spacial score (nSPS) is 12.3. The van der Waals surface area contributed by atoms with Crippen LogP contribution in [-0.4, -0.2) is 4.98 Å². The summed E-state index contributed by atoms with van der Waals surface area (Å²) in [5.41, 5.74) is 1.32. The maximum absolute atomic E-state index is 12.3. The van der Waals surface area contributed by atoms with Crippen LogP contribution in [0.5, 0.6) is 0 Å². The SMILES string of the molecule is FC(F)(F)c1nc2cc(CBr)ccc2s1. The van der Waals surface area contributed by atoms with Crippen LogP contribution >= 0.6 is 27.3 Å². The molecule has 0 aliphatic carbocycles. The van der Waals surface area contributed by atoms with Gasteiger partial charge >= 0.3 is 6.18 Å². The van der Waals surface area contributed by atoms with E-state index in [4.69, 9.17) is 0 Å². The summed E-state index contributed by atoms with van der Waals surface area (Å²) in [4.78, 5) is 3.57. The van der Waals surface area contributed by atoms with Crippen molar-refractivity contribution >= 4 is 37.5 Å². The van der Waals surface area contributed by atoms with Gasteiger partial charge in [0.1, 0.15) is 0 Å². The number of hydrogen-bond acceptors (Lipinski definition) is 2. The number of benzene rings is 1. The third-order valence-electron chi connectivity index (χ3n) is 1.85. The van der Waals surface area contributed by atoms with E-state index < -0.39 is 11.2 Å². The number of hydrogen-bond donors (Lipinski definition) is 0. The zero-order valence-electron chi connectivity index (χ0n) is 7.31. The van der Waals surface area contributed by atoms with E-state index in [0.29, 0.717) is 26.9 Å². The minimum absolute atomic E-state index is 0.407. The Hall–Kier alpha value is -0.620. The molecule has 0 fully saturated rings. The van der Waals surface area contributed by atoms with E-state index in [-0.39, 0.29) is 0 Å². The van der Waals surface area contributed by atoms with E-state index in [2.05, 4.69) is 20.9 Å². The van der Waals surface area contributed by atoms with Crippen LogP contribution in [0.1, 0.15) is 10.6 Å². The molecule has 0 radical (unpaired) electrons. The second-order valence-corrected chi connectivity index (χ2v) is 4.54. The topological polar surface area (TPSA) is 12.9 Å². The van der Waals surface area contributed by atoms with Crippen LogP contribution in [0.25, 0.3) is 10.2 Å². The predicted molar refractivity (Wildman–Crippen MR) is 57.3 cm³/mol. The van der Waals surface area contributed by atoms with Crippen molar-refractivity contribution in [1.29, 1.82) is 0 Å². The van der Waals surface area contributed by atoms with Crippen LogP contribution in [0.3, 0.4) is 0 Å². The minimum atomic E-state index is -4.35. The lowest BCUT2D eigenvalue weighted by molar-refractivity contribution is -0.137. The lowest BCUT2D eigenvalue weighted by Crippen LogP contribution is -2.03. The van der Waals surface area contributed by atoms with Crippen LogP contribution < -0.4 is 0 Å². The van der Waals surface area contributed by atoms with Crippen molar-refractivity contribution in [2.75, 3.05) is 0 Å². The molecule has 0 spiro atoms. The van der Waals surface area contributed by atoms with Crippen molar-refractivity contribution in [1.82, 2.24) is 4.98 Å². The van der Waals surface area contributed by atoms with E-state index in [1.54, 1.807) is 18.2 Å². The molecule has 15 heavy (non-hydrogen) atoms. The Bertz CT molecular complexity index is 492. The molecule has 2 aromatic rings. The van der Waals surface area contributed by atoms with Crippen molar-refractivity contribution in [3.05, 3.63) is 28.8 Å². The molecule has 0 saturated carbocycles. The number of aromatic nitrogens is 1. The molecular formula is C9H5BrF3NS. The number of alkyl halides is 4. The Balaban J connectivity index is 2.56. The Morgan fingerprint density at radius 2 is 2.07 bits per heavy atom. The van der Waals surface area contributed by atoms with Crippen molar-refractivity contribution in [2.24, 2.45) is 0 Å². The van der Waals surface area contributed by atoms with Crippen molar-refractivity contribution in [2.45, 2.75) is 11.5 Å². The summed E-state index contributed by atoms with van der Waals surface area (Å²) < 4.78 is 37.6. The van der Waals surface area contributed by atoms with E-state index >= 15 is 0 Å². The number of nitrogens with zero attached hydrogens (tertiary/aromatic N) is 1. The van der Waals surface area contributed by atoms with Crippen molar-refractivity contribution in [3.8, 4) is 0 Å². The molecule has 0 amide bonds. The van der Waals surface area contributed by atoms with Gasteiger partial charge in [0.15, 0.2) is 5.01 Å². The first-order valence-corrected chi connectivity index (χ1v) is 5.97. The first-order valence-electron chi connectivity index (χ1n) is 4.03. The molecule has 1 nitrogen and oxygen atoms in total. The van der Waals surface area contributed by atoms with Crippen LogP contribution in [0.15, 0.2) is 18.2 Å². The second-order valence-electron chi connectivity index (χ2n) is 2.95. The fourth-order valence-electron chi connectivity index (χ4n) is 1.18. The highest BCUT2D eigenvalue weighted by molar-refractivity contribution is 9.08. The molecule has 6 heteroatoms. The quantitative estimate of drug-likeness (QED) is 0.718. The lowest BCUT2D eigenvalue weighted by atomic mass is 10.2. The van der Waals surface area contributed by atoms with E-state index in [1.807, 2.05) is 0 Å². The minimum Gasteiger partial charge on any atom is -0.232 e. The number of halogens is 4. The van der Waals surface area contributed by atoms with Gasteiger partial charge in [0.05, 0.1) is 10.2 Å². The van der Waals surface area contributed by atoms with E-state index in [0.717, 1.165) is 5.56 Å². The molecule has 0 atom stereocenters. The summed E-state index contributed by atoms with van der Waals surface area (Å²) in [7, 11) is 0. The van der Waals surface area contributed by atoms with Crippen molar-refractivity contribution in [3.63, 3.8) is 0 Å². The van der Waals surface area contributed by atoms with Gasteiger partial charge in [-0.3, -0.25) is 0 Å². The molecule has 0 bridgehead atoms. The third kappa shape index (κ3) is 2.15. The molecule has 2 rings (SSSR count). The monoisotopic (exact) mass is 295 g/mol. The van der Waals surface area contributed by atoms with Gasteiger partial charge in [0.2, 0.25) is 0 Å². The summed E-state index contributed by atoms with van der Waals surface area (Å²) in [5, 5.41) is -0.175. The van der Waals surface area contributed by atoms with Crippen LogP contribution in [0.2, 0.25) is 0 Å². The van der Waals surface area contributed by atoms with Gasteiger partial charge in [-0.05, 0) is 17.7 Å². The molecule has 1 heterocycles. The smallest absolute Gasteiger partial charge is 0.232 e. The highest BCUT2D eigenvalue weighted by atomic mass is 79.9. The molecule has 1 aromatic carbocycles. The molecule has 0 unspecified atom stereocenters. The van der Waals surface area contributed by atoms with Crippen LogP contribution in [0, 0.1) is 0 Å². The van der Waals surface area contributed by atoms with Crippen LogP contribution in [0.4, 0.5) is 13.2 Å². The number of rotatable bonds is 1. The van der Waals surface area contributed by atoms with E-state index in [9.17, 15) is 13.2 Å². The van der Waals surface area contributed by atoms with Gasteiger partial charge in [0.25, 0.3) is 0 Å². The molecule has 0 aliphatic heterocycles. The van der Waals surface area contributed by atoms with Gasteiger partial charge in [-0.2, -0.15) is 13.2 Å². The molecule has 1 aromatic heterocycles. The summed E-state index contributed by atoms with van der Waals surface area (Å²) >= 11 is 3.91. The summed E-state index contributed by atoms with van der Waals surface area (Å²) in [6, 6.07) is 5.12. The third-order valence-corrected chi connectivity index (χ3v) is 3.58. The van der Waals surface area contributed by atoms with Crippen molar-refractivity contribution < 1.29 is 13.2 Å². The zero-order valence-corrected chi connectivity index (χ0v) is 9.71. The summed E-state index contributed by atoms with van der Waals surface area (Å²) in [6.45, 7) is 0. The summed E-state index contributed by atoms with van der Waals surface area (Å²) in [6.07, 6.45) is -4.35. The fourth-order valence-corrected chi connectivity index (χ4v) is 2.34. The number of thiazole rings is 1. The molecular weight excluding hydrogens is 291 g/mol. The lowest BCUT2D eigenvalue weighted by Gasteiger charge is -1.98.